The summed E-state index contributed by atoms with van der Waals surface area (Å²) in [6.45, 7) is 5.92. The lowest BCUT2D eigenvalue weighted by Gasteiger charge is -2.08. The van der Waals surface area contributed by atoms with Crippen LogP contribution in [0.1, 0.15) is 119 Å². The largest absolute Gasteiger partial charge is 0.459 e. The van der Waals surface area contributed by atoms with Crippen molar-refractivity contribution in [2.75, 3.05) is 0 Å². The van der Waals surface area contributed by atoms with Crippen LogP contribution in [0.2, 0.25) is 0 Å². The first-order valence-electron chi connectivity index (χ1n) is 16.2. The van der Waals surface area contributed by atoms with Crippen molar-refractivity contribution < 1.29 is 19.1 Å². The van der Waals surface area contributed by atoms with Crippen LogP contribution in [-0.2, 0) is 16.0 Å². The molecule has 0 aromatic heterocycles. The summed E-state index contributed by atoms with van der Waals surface area (Å²) in [7, 11) is 0. The predicted molar refractivity (Wildman–Crippen MR) is 176 cm³/mol. The maximum atomic E-state index is 12.3. The van der Waals surface area contributed by atoms with E-state index >= 15 is 0 Å². The van der Waals surface area contributed by atoms with Gasteiger partial charge in [0.15, 0.2) is 0 Å². The monoisotopic (exact) mass is 580 g/mol. The molecule has 0 spiro atoms. The lowest BCUT2D eigenvalue weighted by atomic mass is 10.0. The molecule has 43 heavy (non-hydrogen) atoms. The van der Waals surface area contributed by atoms with Gasteiger partial charge >= 0.3 is 11.9 Å². The fraction of sp³-hybridized carbons (Fsp3) is 0.436. The minimum absolute atomic E-state index is 0.161. The van der Waals surface area contributed by atoms with E-state index in [0.717, 1.165) is 23.1 Å². The van der Waals surface area contributed by atoms with E-state index in [4.69, 9.17) is 9.47 Å². The second-order valence-electron chi connectivity index (χ2n) is 11.5. The summed E-state index contributed by atoms with van der Waals surface area (Å²) in [6.07, 6.45) is 17.2. The highest BCUT2D eigenvalue weighted by Gasteiger charge is 2.09. The highest BCUT2D eigenvalue weighted by molar-refractivity contribution is 5.91. The van der Waals surface area contributed by atoms with Crippen LogP contribution in [-0.4, -0.2) is 18.0 Å². The Hall–Kier alpha value is -3.84. The first-order valence-corrected chi connectivity index (χ1v) is 16.2. The van der Waals surface area contributed by atoms with Gasteiger partial charge in [-0.05, 0) is 79.8 Å². The highest BCUT2D eigenvalue weighted by atomic mass is 16.5. The Labute approximate surface area is 259 Å². The van der Waals surface area contributed by atoms with E-state index in [0.29, 0.717) is 11.3 Å². The maximum Gasteiger partial charge on any atom is 0.390 e. The molecular weight excluding hydrogens is 532 g/mol. The Kier molecular flexibility index (Phi) is 15.2. The summed E-state index contributed by atoms with van der Waals surface area (Å²) in [5, 5.41) is 0. The molecule has 228 valence electrons. The summed E-state index contributed by atoms with van der Waals surface area (Å²) in [6, 6.07) is 22.6. The van der Waals surface area contributed by atoms with Crippen molar-refractivity contribution in [2.45, 2.75) is 110 Å². The van der Waals surface area contributed by atoms with Crippen LogP contribution in [0.25, 0.3) is 11.1 Å². The van der Waals surface area contributed by atoms with E-state index < -0.39 is 5.97 Å². The van der Waals surface area contributed by atoms with Crippen molar-refractivity contribution in [3.8, 4) is 28.7 Å². The molecule has 3 aromatic rings. The zero-order valence-corrected chi connectivity index (χ0v) is 26.3. The van der Waals surface area contributed by atoms with Gasteiger partial charge in [-0.25, -0.2) is 9.59 Å². The molecule has 3 rings (SSSR count). The number of carbonyl (C=O) groups excluding carboxylic acids is 2. The number of rotatable bonds is 17. The highest BCUT2D eigenvalue weighted by Crippen LogP contribution is 2.23. The van der Waals surface area contributed by atoms with E-state index in [1.54, 1.807) is 24.3 Å². The van der Waals surface area contributed by atoms with Gasteiger partial charge in [-0.3, -0.25) is 0 Å². The Morgan fingerprint density at radius 3 is 1.70 bits per heavy atom. The van der Waals surface area contributed by atoms with Crippen molar-refractivity contribution in [2.24, 2.45) is 0 Å². The molecule has 4 heteroatoms. The Morgan fingerprint density at radius 2 is 1.16 bits per heavy atom. The molecule has 0 radical (unpaired) electrons. The second kappa shape index (κ2) is 19.4. The third-order valence-electron chi connectivity index (χ3n) is 7.44. The minimum Gasteiger partial charge on any atom is -0.459 e. The third-order valence-corrected chi connectivity index (χ3v) is 7.44. The van der Waals surface area contributed by atoms with Gasteiger partial charge in [0.25, 0.3) is 0 Å². The quantitative estimate of drug-likeness (QED) is 0.0690. The molecule has 0 amide bonds. The van der Waals surface area contributed by atoms with E-state index in [1.165, 1.54) is 82.6 Å². The van der Waals surface area contributed by atoms with Crippen molar-refractivity contribution >= 4 is 11.9 Å². The average Bonchev–Trinajstić information content (AvgIpc) is 3.01. The van der Waals surface area contributed by atoms with Gasteiger partial charge in [-0.1, -0.05) is 120 Å². The summed E-state index contributed by atoms with van der Waals surface area (Å²) < 4.78 is 10.6. The number of benzene rings is 3. The van der Waals surface area contributed by atoms with Crippen molar-refractivity contribution in [1.29, 1.82) is 0 Å². The molecule has 0 unspecified atom stereocenters. The fourth-order valence-corrected chi connectivity index (χ4v) is 4.98. The molecule has 4 nitrogen and oxygen atoms in total. The van der Waals surface area contributed by atoms with Crippen molar-refractivity contribution in [1.82, 2.24) is 0 Å². The van der Waals surface area contributed by atoms with Gasteiger partial charge < -0.3 is 9.47 Å². The van der Waals surface area contributed by atoms with Crippen LogP contribution in [0, 0.1) is 11.8 Å². The van der Waals surface area contributed by atoms with E-state index in [2.05, 4.69) is 30.9 Å². The molecule has 0 aliphatic carbocycles. The SMILES string of the molecule is CCCCCCCCCCCCCCc1ccc(C#CC(=O)Oc2ccc(-c3ccc(C(=O)OC(C)C)cc3)cc2)cc1. The smallest absolute Gasteiger partial charge is 0.390 e. The molecule has 0 bridgehead atoms. The molecule has 0 fully saturated rings. The molecule has 0 saturated carbocycles. The topological polar surface area (TPSA) is 52.6 Å². The van der Waals surface area contributed by atoms with Gasteiger partial charge in [-0.15, -0.1) is 0 Å². The number of ether oxygens (including phenoxy) is 2. The summed E-state index contributed by atoms with van der Waals surface area (Å²) in [5.74, 6) is 4.98. The van der Waals surface area contributed by atoms with Crippen molar-refractivity contribution in [3.05, 3.63) is 89.5 Å². The Bertz CT molecular complexity index is 1290. The predicted octanol–water partition coefficient (Wildman–Crippen LogP) is 10.1. The number of hydrogen-bond acceptors (Lipinski definition) is 4. The van der Waals surface area contributed by atoms with Gasteiger partial charge in [0.05, 0.1) is 11.7 Å². The number of aryl methyl sites for hydroxylation is 1. The van der Waals surface area contributed by atoms with E-state index in [-0.39, 0.29) is 12.1 Å². The lowest BCUT2D eigenvalue weighted by Crippen LogP contribution is -2.11. The molecular formula is C39H48O4. The van der Waals surface area contributed by atoms with Crippen LogP contribution >= 0.6 is 0 Å². The van der Waals surface area contributed by atoms with Crippen molar-refractivity contribution in [3.63, 3.8) is 0 Å². The third kappa shape index (κ3) is 13.3. The van der Waals surface area contributed by atoms with Crippen LogP contribution in [0.3, 0.4) is 0 Å². The van der Waals surface area contributed by atoms with Gasteiger partial charge in [0, 0.05) is 11.5 Å². The van der Waals surface area contributed by atoms with Gasteiger partial charge in [-0.2, -0.15) is 0 Å². The Balaban J connectivity index is 1.34. The Morgan fingerprint density at radius 1 is 0.651 bits per heavy atom. The molecule has 0 aliphatic rings. The average molecular weight is 581 g/mol. The zero-order chi connectivity index (χ0) is 30.7. The number of unbranched alkanes of at least 4 members (excludes halogenated alkanes) is 11. The maximum absolute atomic E-state index is 12.3. The van der Waals surface area contributed by atoms with Gasteiger partial charge in [0.2, 0.25) is 0 Å². The fourth-order valence-electron chi connectivity index (χ4n) is 4.98. The van der Waals surface area contributed by atoms with Crippen LogP contribution in [0.15, 0.2) is 72.8 Å². The van der Waals surface area contributed by atoms with E-state index in [1.807, 2.05) is 50.2 Å². The summed E-state index contributed by atoms with van der Waals surface area (Å²) >= 11 is 0. The molecule has 0 N–H and O–H groups in total. The van der Waals surface area contributed by atoms with E-state index in [9.17, 15) is 9.59 Å². The van der Waals surface area contributed by atoms with Crippen LogP contribution < -0.4 is 4.74 Å². The molecule has 0 saturated heterocycles. The van der Waals surface area contributed by atoms with Crippen LogP contribution in [0.4, 0.5) is 0 Å². The number of hydrogen-bond donors (Lipinski definition) is 0. The standard InChI is InChI=1S/C39H48O4/c1-4-5-6-7-8-9-10-11-12-13-14-15-16-32-17-19-33(20-18-32)21-30-38(40)43-37-28-26-35(27-29-37)34-22-24-36(25-23-34)39(41)42-31(2)3/h17-20,22-29,31H,4-16H2,1-3H3. The normalized spacial score (nSPS) is 10.7. The summed E-state index contributed by atoms with van der Waals surface area (Å²) in [4.78, 5) is 24.3. The molecule has 0 atom stereocenters. The first-order chi connectivity index (χ1) is 20.9. The minimum atomic E-state index is -0.596. The molecule has 0 heterocycles. The zero-order valence-electron chi connectivity index (χ0n) is 26.3. The number of esters is 2. The first kappa shape index (κ1) is 33.7. The van der Waals surface area contributed by atoms with Crippen LogP contribution in [0.5, 0.6) is 5.75 Å². The molecule has 3 aromatic carbocycles. The lowest BCUT2D eigenvalue weighted by molar-refractivity contribution is -0.128. The second-order valence-corrected chi connectivity index (χ2v) is 11.5. The number of carbonyl (C=O) groups is 2. The molecule has 0 aliphatic heterocycles. The summed E-state index contributed by atoms with van der Waals surface area (Å²) in [5.41, 5.74) is 4.51. The van der Waals surface area contributed by atoms with Gasteiger partial charge in [0.1, 0.15) is 5.75 Å².